The molecular weight excluding hydrogens is 176 g/mol. The molecule has 1 aromatic carbocycles. The Hall–Kier alpha value is -0.530. The zero-order valence-corrected chi connectivity index (χ0v) is 7.45. The highest BCUT2D eigenvalue weighted by molar-refractivity contribution is 7.11. The number of rotatable bonds is 1. The fourth-order valence-corrected chi connectivity index (χ4v) is 2.34. The molecule has 2 rings (SSSR count). The van der Waals surface area contributed by atoms with Gasteiger partial charge in [0.05, 0.1) is 5.88 Å². The summed E-state index contributed by atoms with van der Waals surface area (Å²) in [6.45, 7) is 0. The molecule has 1 aromatic heterocycles. The Balaban J connectivity index is 2.76. The van der Waals surface area contributed by atoms with E-state index < -0.39 is 0 Å². The van der Waals surface area contributed by atoms with E-state index in [0.29, 0.717) is 5.88 Å². The van der Waals surface area contributed by atoms with Crippen LogP contribution in [0.1, 0.15) is 4.88 Å². The summed E-state index contributed by atoms with van der Waals surface area (Å²) in [5.41, 5.74) is 0. The quantitative estimate of drug-likeness (QED) is 0.591. The summed E-state index contributed by atoms with van der Waals surface area (Å²) in [4.78, 5) is 1.27. The molecule has 0 nitrogen and oxygen atoms in total. The molecular formula is C9H7ClS. The van der Waals surface area contributed by atoms with E-state index in [4.69, 9.17) is 11.6 Å². The Labute approximate surface area is 74.4 Å². The molecule has 0 amide bonds. The number of fused-ring (bicyclic) bond motifs is 1. The molecule has 0 saturated heterocycles. The van der Waals surface area contributed by atoms with Crippen LogP contribution in [0.5, 0.6) is 0 Å². The van der Waals surface area contributed by atoms with Crippen LogP contribution in [0.3, 0.4) is 0 Å². The van der Waals surface area contributed by atoms with Crippen molar-refractivity contribution in [3.05, 3.63) is 34.5 Å². The summed E-state index contributed by atoms with van der Waals surface area (Å²) in [5.74, 6) is 0.623. The standard InChI is InChI=1S/C9H7ClS/c10-5-9-8-4-2-1-3-7(8)6-11-9/h1-4,6H,5H2. The minimum Gasteiger partial charge on any atom is -0.146 e. The van der Waals surface area contributed by atoms with Crippen LogP contribution in [0.2, 0.25) is 0 Å². The number of halogens is 1. The van der Waals surface area contributed by atoms with Gasteiger partial charge in [0, 0.05) is 4.88 Å². The summed E-state index contributed by atoms with van der Waals surface area (Å²) in [5, 5.41) is 4.74. The van der Waals surface area contributed by atoms with Crippen LogP contribution >= 0.6 is 22.9 Å². The van der Waals surface area contributed by atoms with Crippen LogP contribution in [0.25, 0.3) is 10.8 Å². The minimum absolute atomic E-state index is 0.623. The molecule has 11 heavy (non-hydrogen) atoms. The number of benzene rings is 1. The molecule has 0 N–H and O–H groups in total. The lowest BCUT2D eigenvalue weighted by Gasteiger charge is -1.89. The number of alkyl halides is 1. The van der Waals surface area contributed by atoms with E-state index in [1.807, 2.05) is 12.1 Å². The lowest BCUT2D eigenvalue weighted by atomic mass is 10.2. The second kappa shape index (κ2) is 2.84. The maximum absolute atomic E-state index is 5.76. The van der Waals surface area contributed by atoms with E-state index in [-0.39, 0.29) is 0 Å². The van der Waals surface area contributed by atoms with Crippen molar-refractivity contribution in [1.82, 2.24) is 0 Å². The van der Waals surface area contributed by atoms with Gasteiger partial charge in [-0.25, -0.2) is 0 Å². The highest BCUT2D eigenvalue weighted by atomic mass is 35.5. The predicted octanol–water partition coefficient (Wildman–Crippen LogP) is 3.64. The lowest BCUT2D eigenvalue weighted by Crippen LogP contribution is -1.68. The zero-order chi connectivity index (χ0) is 7.68. The maximum Gasteiger partial charge on any atom is 0.0574 e. The van der Waals surface area contributed by atoms with Crippen molar-refractivity contribution in [3.8, 4) is 0 Å². The van der Waals surface area contributed by atoms with E-state index in [9.17, 15) is 0 Å². The molecule has 0 aliphatic heterocycles. The van der Waals surface area contributed by atoms with Crippen LogP contribution in [0.15, 0.2) is 29.6 Å². The molecule has 1 heterocycles. The first-order chi connectivity index (χ1) is 5.42. The highest BCUT2D eigenvalue weighted by Gasteiger charge is 1.99. The molecule has 0 fully saturated rings. The third-order valence-electron chi connectivity index (χ3n) is 1.71. The van der Waals surface area contributed by atoms with Gasteiger partial charge in [0.2, 0.25) is 0 Å². The summed E-state index contributed by atoms with van der Waals surface area (Å²) < 4.78 is 0. The average Bonchev–Trinajstić information content (AvgIpc) is 2.47. The van der Waals surface area contributed by atoms with Crippen LogP contribution < -0.4 is 0 Å². The molecule has 56 valence electrons. The van der Waals surface area contributed by atoms with E-state index in [1.54, 1.807) is 11.3 Å². The predicted molar refractivity (Wildman–Crippen MR) is 51.4 cm³/mol. The van der Waals surface area contributed by atoms with Gasteiger partial charge in [-0.2, -0.15) is 0 Å². The summed E-state index contributed by atoms with van der Waals surface area (Å²) in [6, 6.07) is 8.32. The molecule has 2 aromatic rings. The van der Waals surface area contributed by atoms with Gasteiger partial charge in [0.1, 0.15) is 0 Å². The molecule has 0 radical (unpaired) electrons. The Morgan fingerprint density at radius 1 is 1.27 bits per heavy atom. The van der Waals surface area contributed by atoms with E-state index in [1.165, 1.54) is 15.6 Å². The molecule has 2 heteroatoms. The van der Waals surface area contributed by atoms with Crippen molar-refractivity contribution < 1.29 is 0 Å². The van der Waals surface area contributed by atoms with Gasteiger partial charge >= 0.3 is 0 Å². The molecule has 0 aliphatic carbocycles. The largest absolute Gasteiger partial charge is 0.146 e. The number of hydrogen-bond acceptors (Lipinski definition) is 1. The average molecular weight is 183 g/mol. The minimum atomic E-state index is 0.623. The Morgan fingerprint density at radius 2 is 2.09 bits per heavy atom. The van der Waals surface area contributed by atoms with E-state index in [2.05, 4.69) is 17.5 Å². The normalized spacial score (nSPS) is 10.6. The van der Waals surface area contributed by atoms with Gasteiger partial charge in [-0.1, -0.05) is 24.3 Å². The fraction of sp³-hybridized carbons (Fsp3) is 0.111. The van der Waals surface area contributed by atoms with Crippen molar-refractivity contribution in [1.29, 1.82) is 0 Å². The highest BCUT2D eigenvalue weighted by Crippen LogP contribution is 2.26. The molecule has 0 aliphatic rings. The molecule has 0 spiro atoms. The molecule has 0 bridgehead atoms. The van der Waals surface area contributed by atoms with Crippen molar-refractivity contribution in [2.75, 3.05) is 0 Å². The fourth-order valence-electron chi connectivity index (χ4n) is 1.16. The van der Waals surface area contributed by atoms with Gasteiger partial charge < -0.3 is 0 Å². The number of thiophene rings is 1. The smallest absolute Gasteiger partial charge is 0.0574 e. The SMILES string of the molecule is ClCc1scc2ccccc12. The van der Waals surface area contributed by atoms with Crippen molar-refractivity contribution in [2.45, 2.75) is 5.88 Å². The van der Waals surface area contributed by atoms with Crippen molar-refractivity contribution in [2.24, 2.45) is 0 Å². The second-order valence-corrected chi connectivity index (χ2v) is 3.61. The van der Waals surface area contributed by atoms with Gasteiger partial charge in [0.15, 0.2) is 0 Å². The van der Waals surface area contributed by atoms with Gasteiger partial charge in [0.25, 0.3) is 0 Å². The molecule has 0 unspecified atom stereocenters. The first kappa shape index (κ1) is 7.14. The van der Waals surface area contributed by atoms with Gasteiger partial charge in [-0.3, -0.25) is 0 Å². The van der Waals surface area contributed by atoms with Crippen molar-refractivity contribution in [3.63, 3.8) is 0 Å². The first-order valence-electron chi connectivity index (χ1n) is 3.43. The third-order valence-corrected chi connectivity index (χ3v) is 3.16. The van der Waals surface area contributed by atoms with Crippen LogP contribution in [0, 0.1) is 0 Å². The van der Waals surface area contributed by atoms with Crippen molar-refractivity contribution >= 4 is 33.7 Å². The van der Waals surface area contributed by atoms with Crippen LogP contribution in [-0.4, -0.2) is 0 Å². The maximum atomic E-state index is 5.76. The lowest BCUT2D eigenvalue weighted by molar-refractivity contribution is 1.57. The van der Waals surface area contributed by atoms with Gasteiger partial charge in [-0.15, -0.1) is 22.9 Å². The first-order valence-corrected chi connectivity index (χ1v) is 4.84. The molecule has 0 saturated carbocycles. The Morgan fingerprint density at radius 3 is 2.91 bits per heavy atom. The van der Waals surface area contributed by atoms with Crippen LogP contribution in [-0.2, 0) is 5.88 Å². The summed E-state index contributed by atoms with van der Waals surface area (Å²) >= 11 is 7.49. The Bertz CT molecular complexity index is 364. The number of hydrogen-bond donors (Lipinski definition) is 0. The molecule has 0 atom stereocenters. The van der Waals surface area contributed by atoms with Gasteiger partial charge in [-0.05, 0) is 16.2 Å². The monoisotopic (exact) mass is 182 g/mol. The topological polar surface area (TPSA) is 0 Å². The van der Waals surface area contributed by atoms with Crippen LogP contribution in [0.4, 0.5) is 0 Å². The zero-order valence-electron chi connectivity index (χ0n) is 5.88. The summed E-state index contributed by atoms with van der Waals surface area (Å²) in [6.07, 6.45) is 0. The second-order valence-electron chi connectivity index (χ2n) is 2.38. The third kappa shape index (κ3) is 1.15. The Kier molecular flexibility index (Phi) is 1.84. The van der Waals surface area contributed by atoms with E-state index >= 15 is 0 Å². The van der Waals surface area contributed by atoms with E-state index in [0.717, 1.165) is 0 Å². The summed E-state index contributed by atoms with van der Waals surface area (Å²) in [7, 11) is 0.